The third-order valence-corrected chi connectivity index (χ3v) is 5.50. The zero-order valence-electron chi connectivity index (χ0n) is 16.5. The van der Waals surface area contributed by atoms with Gasteiger partial charge in [-0.2, -0.15) is 4.98 Å². The van der Waals surface area contributed by atoms with Crippen molar-refractivity contribution in [3.63, 3.8) is 0 Å². The van der Waals surface area contributed by atoms with Crippen LogP contribution < -0.4 is 16.0 Å². The van der Waals surface area contributed by atoms with Gasteiger partial charge in [0.15, 0.2) is 5.13 Å². The fourth-order valence-corrected chi connectivity index (χ4v) is 3.76. The molecule has 0 aliphatic carbocycles. The first kappa shape index (κ1) is 20.7. The SMILES string of the molecule is O=C1CCC(C(=O)Nc2nc(CC(=O)NCc3nc(-c4ccccc4)no3)cs2)CN1. The second kappa shape index (κ2) is 9.47. The van der Waals surface area contributed by atoms with Crippen LogP contribution >= 0.6 is 11.3 Å². The molecule has 1 aliphatic rings. The second-order valence-corrected chi connectivity index (χ2v) is 7.86. The summed E-state index contributed by atoms with van der Waals surface area (Å²) in [5.74, 6) is 0.0146. The average Bonchev–Trinajstić information content (AvgIpc) is 3.43. The third-order valence-electron chi connectivity index (χ3n) is 4.70. The standard InChI is InChI=1S/C20H20N6O4S/c27-15-7-6-13(9-21-15)19(29)25-20-23-14(11-31-20)8-16(28)22-10-17-24-18(26-30-17)12-4-2-1-3-5-12/h1-5,11,13H,6-10H2,(H,21,27)(H,22,28)(H,23,25,29). The van der Waals surface area contributed by atoms with Gasteiger partial charge in [-0.15, -0.1) is 11.3 Å². The number of amides is 3. The molecule has 10 nitrogen and oxygen atoms in total. The van der Waals surface area contributed by atoms with E-state index in [-0.39, 0.29) is 36.6 Å². The molecule has 11 heteroatoms. The fourth-order valence-electron chi connectivity index (χ4n) is 3.04. The number of aromatic nitrogens is 3. The van der Waals surface area contributed by atoms with E-state index < -0.39 is 0 Å². The minimum Gasteiger partial charge on any atom is -0.355 e. The summed E-state index contributed by atoms with van der Waals surface area (Å²) < 4.78 is 5.17. The van der Waals surface area contributed by atoms with Gasteiger partial charge < -0.3 is 20.5 Å². The van der Waals surface area contributed by atoms with E-state index in [2.05, 4.69) is 31.1 Å². The summed E-state index contributed by atoms with van der Waals surface area (Å²) in [6.45, 7) is 0.437. The number of benzene rings is 1. The van der Waals surface area contributed by atoms with Crippen LogP contribution in [0, 0.1) is 5.92 Å². The number of hydrogen-bond donors (Lipinski definition) is 3. The number of piperidine rings is 1. The minimum absolute atomic E-state index is 0.0385. The van der Waals surface area contributed by atoms with Gasteiger partial charge >= 0.3 is 0 Å². The molecule has 3 aromatic rings. The molecule has 1 fully saturated rings. The molecular weight excluding hydrogens is 420 g/mol. The molecule has 0 radical (unpaired) electrons. The van der Waals surface area contributed by atoms with Gasteiger partial charge in [-0.1, -0.05) is 35.5 Å². The third kappa shape index (κ3) is 5.51. The largest absolute Gasteiger partial charge is 0.355 e. The van der Waals surface area contributed by atoms with Crippen LogP contribution in [0.15, 0.2) is 40.2 Å². The summed E-state index contributed by atoms with van der Waals surface area (Å²) in [6, 6.07) is 9.40. The molecule has 1 aliphatic heterocycles. The van der Waals surface area contributed by atoms with Crippen molar-refractivity contribution in [2.45, 2.75) is 25.8 Å². The van der Waals surface area contributed by atoms with Crippen LogP contribution in [0.4, 0.5) is 5.13 Å². The summed E-state index contributed by atoms with van der Waals surface area (Å²) >= 11 is 1.25. The Morgan fingerprint density at radius 3 is 2.84 bits per heavy atom. The van der Waals surface area contributed by atoms with Crippen molar-refractivity contribution in [2.75, 3.05) is 11.9 Å². The highest BCUT2D eigenvalue weighted by atomic mass is 32.1. The number of carbonyl (C=O) groups is 3. The Balaban J connectivity index is 1.24. The molecule has 4 rings (SSSR count). The molecular formula is C20H20N6O4S. The molecule has 3 amide bonds. The van der Waals surface area contributed by atoms with E-state index in [0.29, 0.717) is 41.9 Å². The quantitative estimate of drug-likeness (QED) is 0.506. The Bertz CT molecular complexity index is 1070. The molecule has 3 N–H and O–H groups in total. The Labute approximate surface area is 181 Å². The van der Waals surface area contributed by atoms with E-state index in [1.165, 1.54) is 11.3 Å². The van der Waals surface area contributed by atoms with Crippen LogP contribution in [0.25, 0.3) is 11.4 Å². The molecule has 0 saturated carbocycles. The van der Waals surface area contributed by atoms with E-state index in [0.717, 1.165) is 5.56 Å². The lowest BCUT2D eigenvalue weighted by atomic mass is 9.98. The van der Waals surface area contributed by atoms with E-state index >= 15 is 0 Å². The topological polar surface area (TPSA) is 139 Å². The molecule has 0 bridgehead atoms. The Kier molecular flexibility index (Phi) is 6.32. The van der Waals surface area contributed by atoms with Crippen LogP contribution in [0.1, 0.15) is 24.4 Å². The second-order valence-electron chi connectivity index (χ2n) is 7.00. The summed E-state index contributed by atoms with van der Waals surface area (Å²) in [7, 11) is 0. The highest BCUT2D eigenvalue weighted by Gasteiger charge is 2.25. The van der Waals surface area contributed by atoms with Gasteiger partial charge in [-0.3, -0.25) is 14.4 Å². The molecule has 2 aromatic heterocycles. The van der Waals surface area contributed by atoms with Gasteiger partial charge in [0.2, 0.25) is 29.4 Å². The molecule has 0 spiro atoms. The fraction of sp³-hybridized carbons (Fsp3) is 0.300. The molecule has 1 aromatic carbocycles. The van der Waals surface area contributed by atoms with Crippen molar-refractivity contribution >= 4 is 34.2 Å². The van der Waals surface area contributed by atoms with Crippen LogP contribution in [-0.4, -0.2) is 39.4 Å². The Morgan fingerprint density at radius 1 is 1.23 bits per heavy atom. The first-order chi connectivity index (χ1) is 15.1. The minimum atomic E-state index is -0.275. The molecule has 1 unspecified atom stereocenters. The number of nitrogens with zero attached hydrogens (tertiary/aromatic N) is 3. The first-order valence-corrected chi connectivity index (χ1v) is 10.6. The zero-order valence-corrected chi connectivity index (χ0v) is 17.3. The smallest absolute Gasteiger partial charge is 0.246 e. The van der Waals surface area contributed by atoms with Crippen molar-refractivity contribution in [3.05, 3.63) is 47.3 Å². The lowest BCUT2D eigenvalue weighted by Gasteiger charge is -2.20. The Hall–Kier alpha value is -3.60. The molecule has 1 atom stereocenters. The lowest BCUT2D eigenvalue weighted by molar-refractivity contribution is -0.126. The zero-order chi connectivity index (χ0) is 21.6. The maximum atomic E-state index is 12.3. The highest BCUT2D eigenvalue weighted by molar-refractivity contribution is 7.13. The normalized spacial score (nSPS) is 15.9. The first-order valence-electron chi connectivity index (χ1n) is 9.73. The molecule has 1 saturated heterocycles. The summed E-state index contributed by atoms with van der Waals surface area (Å²) in [4.78, 5) is 44.2. The van der Waals surface area contributed by atoms with Crippen LogP contribution in [-0.2, 0) is 27.3 Å². The van der Waals surface area contributed by atoms with Crippen LogP contribution in [0.2, 0.25) is 0 Å². The van der Waals surface area contributed by atoms with E-state index in [9.17, 15) is 14.4 Å². The molecule has 31 heavy (non-hydrogen) atoms. The molecule has 3 heterocycles. The monoisotopic (exact) mass is 440 g/mol. The summed E-state index contributed by atoms with van der Waals surface area (Å²) in [5, 5.41) is 14.2. The number of nitrogens with one attached hydrogen (secondary N) is 3. The number of thiazole rings is 1. The average molecular weight is 440 g/mol. The summed E-state index contributed by atoms with van der Waals surface area (Å²) in [6.07, 6.45) is 0.916. The predicted octanol–water partition coefficient (Wildman–Crippen LogP) is 1.52. The van der Waals surface area contributed by atoms with Gasteiger partial charge in [0.05, 0.1) is 24.6 Å². The predicted molar refractivity (Wildman–Crippen MR) is 112 cm³/mol. The van der Waals surface area contributed by atoms with Gasteiger partial charge in [0.1, 0.15) is 0 Å². The summed E-state index contributed by atoms with van der Waals surface area (Å²) in [5.41, 5.74) is 1.38. The maximum absolute atomic E-state index is 12.3. The van der Waals surface area contributed by atoms with Gasteiger partial charge in [0, 0.05) is 23.9 Å². The number of carbonyl (C=O) groups excluding carboxylic acids is 3. The van der Waals surface area contributed by atoms with E-state index in [4.69, 9.17) is 4.52 Å². The van der Waals surface area contributed by atoms with Crippen LogP contribution in [0.3, 0.4) is 0 Å². The maximum Gasteiger partial charge on any atom is 0.246 e. The number of anilines is 1. The molecule has 160 valence electrons. The number of rotatable bonds is 7. The Morgan fingerprint density at radius 2 is 2.06 bits per heavy atom. The van der Waals surface area contributed by atoms with Crippen molar-refractivity contribution in [1.82, 2.24) is 25.8 Å². The van der Waals surface area contributed by atoms with E-state index in [1.54, 1.807) is 5.38 Å². The van der Waals surface area contributed by atoms with Crippen LogP contribution in [0.5, 0.6) is 0 Å². The van der Waals surface area contributed by atoms with Crippen molar-refractivity contribution in [1.29, 1.82) is 0 Å². The number of hydrogen-bond acceptors (Lipinski definition) is 8. The van der Waals surface area contributed by atoms with E-state index in [1.807, 2.05) is 30.3 Å². The van der Waals surface area contributed by atoms with Crippen molar-refractivity contribution in [2.24, 2.45) is 5.92 Å². The van der Waals surface area contributed by atoms with Gasteiger partial charge in [-0.25, -0.2) is 4.98 Å². The van der Waals surface area contributed by atoms with Crippen molar-refractivity contribution in [3.8, 4) is 11.4 Å². The van der Waals surface area contributed by atoms with Gasteiger partial charge in [0.25, 0.3) is 0 Å². The van der Waals surface area contributed by atoms with Crippen molar-refractivity contribution < 1.29 is 18.9 Å². The highest BCUT2D eigenvalue weighted by Crippen LogP contribution is 2.19. The van der Waals surface area contributed by atoms with Gasteiger partial charge in [-0.05, 0) is 6.42 Å². The lowest BCUT2D eigenvalue weighted by Crippen LogP contribution is -2.40.